The number of fused-ring (bicyclic) bond motifs is 1. The van der Waals surface area contributed by atoms with Gasteiger partial charge in [-0.25, -0.2) is 0 Å². The van der Waals surface area contributed by atoms with Gasteiger partial charge in [-0.05, 0) is 36.0 Å². The summed E-state index contributed by atoms with van der Waals surface area (Å²) in [5, 5.41) is 0. The number of H-pyrrole nitrogens is 2. The predicted molar refractivity (Wildman–Crippen MR) is 103 cm³/mol. The van der Waals surface area contributed by atoms with Gasteiger partial charge in [-0.15, -0.1) is 11.3 Å². The molecule has 2 N–H and O–H groups in total. The van der Waals surface area contributed by atoms with Crippen LogP contribution in [0.5, 0.6) is 0 Å². The lowest BCUT2D eigenvalue weighted by Gasteiger charge is -2.27. The summed E-state index contributed by atoms with van der Waals surface area (Å²) in [6.45, 7) is 2.25. The molecule has 1 aliphatic rings. The minimum absolute atomic E-state index is 0.0912. The maximum absolute atomic E-state index is 12.1. The molecule has 0 amide bonds. The Hall–Kier alpha value is -1.80. The summed E-state index contributed by atoms with van der Waals surface area (Å²) in [5.74, 6) is 0. The molecule has 0 bridgehead atoms. The van der Waals surface area contributed by atoms with Crippen LogP contribution in [0.1, 0.15) is 16.8 Å². The van der Waals surface area contributed by atoms with Gasteiger partial charge in [0.15, 0.2) is 4.77 Å². The zero-order valence-electron chi connectivity index (χ0n) is 13.2. The number of hydrogen-bond acceptors (Lipinski definition) is 5. The highest BCUT2D eigenvalue weighted by molar-refractivity contribution is 7.71. The molecule has 1 aliphatic heterocycles. The van der Waals surface area contributed by atoms with Crippen LogP contribution in [0.15, 0.2) is 35.3 Å². The van der Waals surface area contributed by atoms with Crippen LogP contribution < -0.4 is 5.56 Å². The van der Waals surface area contributed by atoms with Crippen molar-refractivity contribution in [2.75, 3.05) is 6.54 Å². The van der Waals surface area contributed by atoms with Crippen LogP contribution in [-0.4, -0.2) is 26.4 Å². The van der Waals surface area contributed by atoms with Gasteiger partial charge in [0, 0.05) is 37.9 Å². The fourth-order valence-corrected chi connectivity index (χ4v) is 4.26. The summed E-state index contributed by atoms with van der Waals surface area (Å²) in [6.07, 6.45) is 2.68. The van der Waals surface area contributed by atoms with Crippen molar-refractivity contribution in [2.45, 2.75) is 19.5 Å². The van der Waals surface area contributed by atoms with Gasteiger partial charge in [-0.2, -0.15) is 0 Å². The minimum atomic E-state index is -0.0912. The molecule has 0 unspecified atom stereocenters. The zero-order chi connectivity index (χ0) is 17.4. The van der Waals surface area contributed by atoms with E-state index in [1.54, 1.807) is 0 Å². The third kappa shape index (κ3) is 3.59. The van der Waals surface area contributed by atoms with Crippen molar-refractivity contribution in [3.05, 3.63) is 66.7 Å². The zero-order valence-corrected chi connectivity index (χ0v) is 15.6. The molecule has 8 heteroatoms. The SMILES string of the molecule is O=c1[nH]c(=S)[nH]c2c1CN(Cc1ccc(-c3ccc(Cl)s3)nc1)CC2. The fourth-order valence-electron chi connectivity index (χ4n) is 3.02. The number of thiophene rings is 1. The quantitative estimate of drug-likeness (QED) is 0.668. The van der Waals surface area contributed by atoms with Gasteiger partial charge in [0.25, 0.3) is 5.56 Å². The lowest BCUT2D eigenvalue weighted by atomic mass is 10.1. The average Bonchev–Trinajstić information content (AvgIpc) is 3.02. The van der Waals surface area contributed by atoms with Gasteiger partial charge in [0.2, 0.25) is 0 Å². The molecule has 3 aromatic heterocycles. The second-order valence-corrected chi connectivity index (χ2v) is 8.10. The van der Waals surface area contributed by atoms with Crippen molar-refractivity contribution in [2.24, 2.45) is 0 Å². The molecule has 4 heterocycles. The Morgan fingerprint density at radius 1 is 1.28 bits per heavy atom. The van der Waals surface area contributed by atoms with E-state index >= 15 is 0 Å². The Bertz CT molecular complexity index is 1020. The third-order valence-electron chi connectivity index (χ3n) is 4.25. The first-order valence-electron chi connectivity index (χ1n) is 7.86. The van der Waals surface area contributed by atoms with E-state index in [2.05, 4.69) is 25.9 Å². The van der Waals surface area contributed by atoms with Crippen LogP contribution in [0.25, 0.3) is 10.6 Å². The number of aromatic amines is 2. The number of nitrogens with zero attached hydrogens (tertiary/aromatic N) is 2. The molecule has 0 spiro atoms. The number of pyridine rings is 1. The van der Waals surface area contributed by atoms with Gasteiger partial charge in [0.1, 0.15) is 0 Å². The molecule has 0 saturated carbocycles. The van der Waals surface area contributed by atoms with Gasteiger partial charge in [-0.3, -0.25) is 19.7 Å². The number of aromatic nitrogens is 3. The highest BCUT2D eigenvalue weighted by Gasteiger charge is 2.19. The van der Waals surface area contributed by atoms with Gasteiger partial charge in [-0.1, -0.05) is 17.7 Å². The summed E-state index contributed by atoms with van der Waals surface area (Å²) in [4.78, 5) is 25.7. The fraction of sp³-hybridized carbons (Fsp3) is 0.235. The van der Waals surface area contributed by atoms with E-state index < -0.39 is 0 Å². The smallest absolute Gasteiger partial charge is 0.256 e. The Labute approximate surface area is 158 Å². The van der Waals surface area contributed by atoms with Crippen molar-refractivity contribution in [1.82, 2.24) is 19.9 Å². The first-order valence-corrected chi connectivity index (χ1v) is 9.46. The first-order chi connectivity index (χ1) is 12.1. The molecule has 0 fully saturated rings. The average molecular weight is 391 g/mol. The molecule has 5 nitrogen and oxygen atoms in total. The molecule has 4 rings (SSSR count). The maximum Gasteiger partial charge on any atom is 0.256 e. The summed E-state index contributed by atoms with van der Waals surface area (Å²) in [5.41, 5.74) is 3.68. The van der Waals surface area contributed by atoms with Crippen molar-refractivity contribution >= 4 is 35.2 Å². The van der Waals surface area contributed by atoms with E-state index in [4.69, 9.17) is 23.8 Å². The summed E-state index contributed by atoms with van der Waals surface area (Å²) in [7, 11) is 0. The molecule has 0 aliphatic carbocycles. The molecule has 0 radical (unpaired) electrons. The largest absolute Gasteiger partial charge is 0.335 e. The van der Waals surface area contributed by atoms with Crippen LogP contribution in [0.2, 0.25) is 4.34 Å². The summed E-state index contributed by atoms with van der Waals surface area (Å²) < 4.78 is 1.16. The summed E-state index contributed by atoms with van der Waals surface area (Å²) in [6, 6.07) is 7.95. The predicted octanol–water partition coefficient (Wildman–Crippen LogP) is 3.77. The molecular formula is C17H15ClN4OS2. The molecule has 0 aromatic carbocycles. The highest BCUT2D eigenvalue weighted by Crippen LogP contribution is 2.29. The standard InChI is InChI=1S/C17H15ClN4OS2/c18-15-4-3-14(25-15)13-2-1-10(7-19-13)8-22-6-5-12-11(9-22)16(23)21-17(24)20-12/h1-4,7H,5-6,8-9H2,(H2,20,21,23,24). The van der Waals surface area contributed by atoms with E-state index in [0.29, 0.717) is 11.3 Å². The van der Waals surface area contributed by atoms with E-state index in [9.17, 15) is 4.79 Å². The number of nitrogens with one attached hydrogen (secondary N) is 2. The van der Waals surface area contributed by atoms with Gasteiger partial charge in [0.05, 0.1) is 20.5 Å². The second kappa shape index (κ2) is 6.84. The monoisotopic (exact) mass is 390 g/mol. The highest BCUT2D eigenvalue weighted by atomic mass is 35.5. The van der Waals surface area contributed by atoms with Crippen LogP contribution in [-0.2, 0) is 19.5 Å². The minimum Gasteiger partial charge on any atom is -0.335 e. The topological polar surface area (TPSA) is 64.8 Å². The van der Waals surface area contributed by atoms with Gasteiger partial charge < -0.3 is 4.98 Å². The van der Waals surface area contributed by atoms with Crippen LogP contribution in [0, 0.1) is 4.77 Å². The van der Waals surface area contributed by atoms with Crippen LogP contribution >= 0.6 is 35.2 Å². The molecule has 25 heavy (non-hydrogen) atoms. The van der Waals surface area contributed by atoms with Crippen molar-refractivity contribution in [3.8, 4) is 10.6 Å². The second-order valence-electron chi connectivity index (χ2n) is 5.98. The van der Waals surface area contributed by atoms with Crippen molar-refractivity contribution in [1.29, 1.82) is 0 Å². The maximum atomic E-state index is 12.1. The van der Waals surface area contributed by atoms with E-state index in [1.165, 1.54) is 11.3 Å². The molecule has 3 aromatic rings. The Morgan fingerprint density at radius 3 is 2.88 bits per heavy atom. The third-order valence-corrected chi connectivity index (χ3v) is 5.70. The van der Waals surface area contributed by atoms with E-state index in [1.807, 2.05) is 24.4 Å². The molecule has 0 saturated heterocycles. The number of rotatable bonds is 3. The number of halogens is 1. The molecule has 128 valence electrons. The van der Waals surface area contributed by atoms with Crippen LogP contribution in [0.4, 0.5) is 0 Å². The first kappa shape index (κ1) is 16.7. The lowest BCUT2D eigenvalue weighted by Crippen LogP contribution is -2.35. The molecular weight excluding hydrogens is 376 g/mol. The van der Waals surface area contributed by atoms with E-state index in [0.717, 1.165) is 51.2 Å². The van der Waals surface area contributed by atoms with Crippen molar-refractivity contribution in [3.63, 3.8) is 0 Å². The number of hydrogen-bond donors (Lipinski definition) is 2. The molecule has 0 atom stereocenters. The Morgan fingerprint density at radius 2 is 2.16 bits per heavy atom. The Balaban J connectivity index is 1.49. The summed E-state index contributed by atoms with van der Waals surface area (Å²) >= 11 is 12.5. The van der Waals surface area contributed by atoms with Crippen LogP contribution in [0.3, 0.4) is 0 Å². The van der Waals surface area contributed by atoms with E-state index in [-0.39, 0.29) is 5.56 Å². The Kier molecular flexibility index (Phi) is 4.56. The normalized spacial score (nSPS) is 14.4. The van der Waals surface area contributed by atoms with Gasteiger partial charge >= 0.3 is 0 Å². The van der Waals surface area contributed by atoms with Crippen molar-refractivity contribution < 1.29 is 0 Å². The lowest BCUT2D eigenvalue weighted by molar-refractivity contribution is 0.241.